The number of carbonyl (C=O) groups is 2. The number of amides is 3. The van der Waals surface area contributed by atoms with Gasteiger partial charge in [-0.25, -0.2) is 9.18 Å². The minimum Gasteiger partial charge on any atom is -0.421 e. The summed E-state index contributed by atoms with van der Waals surface area (Å²) in [6.45, 7) is 3.39. The lowest BCUT2D eigenvalue weighted by Gasteiger charge is -2.36. The van der Waals surface area contributed by atoms with Gasteiger partial charge in [0.15, 0.2) is 0 Å². The number of fused-ring (bicyclic) bond motifs is 1. The van der Waals surface area contributed by atoms with Crippen molar-refractivity contribution in [1.82, 2.24) is 31.0 Å². The van der Waals surface area contributed by atoms with E-state index in [-0.39, 0.29) is 41.5 Å². The van der Waals surface area contributed by atoms with Crippen LogP contribution in [0.3, 0.4) is 0 Å². The molecule has 2 aliphatic rings. The number of nitrogens with zero attached hydrogens (tertiary/aromatic N) is 3. The van der Waals surface area contributed by atoms with E-state index in [0.29, 0.717) is 38.4 Å². The van der Waals surface area contributed by atoms with Crippen molar-refractivity contribution in [3.63, 3.8) is 0 Å². The molecule has 1 aromatic carbocycles. The van der Waals surface area contributed by atoms with Gasteiger partial charge in [-0.15, -0.1) is 10.2 Å². The Morgan fingerprint density at radius 3 is 3.00 bits per heavy atom. The molecule has 1 aromatic heterocycles. The highest BCUT2D eigenvalue weighted by Gasteiger charge is 2.44. The van der Waals surface area contributed by atoms with E-state index in [1.165, 1.54) is 6.07 Å². The summed E-state index contributed by atoms with van der Waals surface area (Å²) in [5.74, 6) is 0.0421. The van der Waals surface area contributed by atoms with Crippen LogP contribution in [0.25, 0.3) is 11.5 Å². The summed E-state index contributed by atoms with van der Waals surface area (Å²) in [4.78, 5) is 26.2. The topological polar surface area (TPSA) is 112 Å². The third-order valence-electron chi connectivity index (χ3n) is 5.28. The lowest BCUT2D eigenvalue weighted by molar-refractivity contribution is -0.129. The van der Waals surface area contributed by atoms with E-state index < -0.39 is 5.82 Å². The van der Waals surface area contributed by atoms with Crippen molar-refractivity contribution in [2.75, 3.05) is 19.6 Å². The lowest BCUT2D eigenvalue weighted by Crippen LogP contribution is -2.58. The Balaban J connectivity index is 1.45. The van der Waals surface area contributed by atoms with Gasteiger partial charge in [0.2, 0.25) is 11.8 Å². The van der Waals surface area contributed by atoms with Gasteiger partial charge < -0.3 is 20.4 Å². The predicted molar refractivity (Wildman–Crippen MR) is 101 cm³/mol. The second-order valence-corrected chi connectivity index (χ2v) is 7.23. The summed E-state index contributed by atoms with van der Waals surface area (Å²) in [7, 11) is 0. The van der Waals surface area contributed by atoms with E-state index in [0.717, 1.165) is 0 Å². The second-order valence-electron chi connectivity index (χ2n) is 7.23. The summed E-state index contributed by atoms with van der Waals surface area (Å²) in [6.07, 6.45) is 0.968. The molecule has 10 heteroatoms. The smallest absolute Gasteiger partial charge is 0.315 e. The number of piperazine rings is 1. The second kappa shape index (κ2) is 8.16. The van der Waals surface area contributed by atoms with Gasteiger partial charge in [-0.05, 0) is 25.5 Å². The van der Waals surface area contributed by atoms with Crippen LogP contribution < -0.4 is 16.0 Å². The van der Waals surface area contributed by atoms with Crippen molar-refractivity contribution < 1.29 is 18.4 Å². The normalized spacial score (nSPS) is 24.1. The first-order valence-electron chi connectivity index (χ1n) is 9.70. The summed E-state index contributed by atoms with van der Waals surface area (Å²) >= 11 is 0. The van der Waals surface area contributed by atoms with Crippen LogP contribution in [0.2, 0.25) is 0 Å². The standard InChI is InChI=1S/C19H23FN6O3/c1-2-21-19(28)23-11-7-15-17(27)22-9-12(26(15)10-11)8-16-24-25-18(29-16)13-5-3-4-6-14(13)20/h3-6,11-12,15H,2,7-10H2,1H3,(H,22,27)(H2,21,23,28)/t11-,12+,15-/m0/s1. The number of hydrogen-bond acceptors (Lipinski definition) is 6. The van der Waals surface area contributed by atoms with Crippen molar-refractivity contribution in [2.24, 2.45) is 0 Å². The highest BCUT2D eigenvalue weighted by molar-refractivity contribution is 5.83. The fourth-order valence-corrected chi connectivity index (χ4v) is 3.95. The van der Waals surface area contributed by atoms with Gasteiger partial charge in [-0.1, -0.05) is 12.1 Å². The van der Waals surface area contributed by atoms with E-state index in [2.05, 4.69) is 31.0 Å². The molecule has 3 amide bonds. The van der Waals surface area contributed by atoms with Crippen molar-refractivity contribution in [3.8, 4) is 11.5 Å². The fraction of sp³-hybridized carbons (Fsp3) is 0.474. The van der Waals surface area contributed by atoms with Crippen LogP contribution >= 0.6 is 0 Å². The van der Waals surface area contributed by atoms with Gasteiger partial charge >= 0.3 is 6.03 Å². The number of hydrogen-bond donors (Lipinski definition) is 3. The monoisotopic (exact) mass is 402 g/mol. The number of halogens is 1. The number of rotatable bonds is 5. The van der Waals surface area contributed by atoms with Crippen LogP contribution in [0.5, 0.6) is 0 Å². The zero-order valence-corrected chi connectivity index (χ0v) is 16.0. The number of carbonyl (C=O) groups excluding carboxylic acids is 2. The molecule has 3 heterocycles. The Kier molecular flexibility index (Phi) is 5.43. The third kappa shape index (κ3) is 4.07. The van der Waals surface area contributed by atoms with Crippen molar-refractivity contribution in [2.45, 2.75) is 37.9 Å². The summed E-state index contributed by atoms with van der Waals surface area (Å²) in [5.41, 5.74) is 0.258. The number of benzene rings is 1. The Bertz CT molecular complexity index is 904. The van der Waals surface area contributed by atoms with E-state index in [1.54, 1.807) is 18.2 Å². The number of nitrogens with one attached hydrogen (secondary N) is 3. The Morgan fingerprint density at radius 2 is 2.21 bits per heavy atom. The molecule has 0 saturated carbocycles. The molecule has 0 spiro atoms. The largest absolute Gasteiger partial charge is 0.421 e. The van der Waals surface area contributed by atoms with Crippen LogP contribution in [0.4, 0.5) is 9.18 Å². The number of urea groups is 1. The zero-order chi connectivity index (χ0) is 20.4. The van der Waals surface area contributed by atoms with Crippen LogP contribution in [0.1, 0.15) is 19.2 Å². The molecule has 3 N–H and O–H groups in total. The predicted octanol–water partition coefficient (Wildman–Crippen LogP) is 0.679. The molecule has 29 heavy (non-hydrogen) atoms. The molecule has 0 radical (unpaired) electrons. The van der Waals surface area contributed by atoms with Gasteiger partial charge in [-0.3, -0.25) is 9.69 Å². The molecule has 2 aromatic rings. The molecule has 0 bridgehead atoms. The molecular weight excluding hydrogens is 379 g/mol. The molecule has 3 atom stereocenters. The average molecular weight is 402 g/mol. The minimum absolute atomic E-state index is 0.0426. The lowest BCUT2D eigenvalue weighted by atomic mass is 10.1. The summed E-state index contributed by atoms with van der Waals surface area (Å²) < 4.78 is 19.6. The summed E-state index contributed by atoms with van der Waals surface area (Å²) in [6, 6.07) is 5.51. The fourth-order valence-electron chi connectivity index (χ4n) is 3.95. The molecule has 2 fully saturated rings. The quantitative estimate of drug-likeness (QED) is 0.678. The highest BCUT2D eigenvalue weighted by atomic mass is 19.1. The first kappa shape index (κ1) is 19.3. The van der Waals surface area contributed by atoms with E-state index in [4.69, 9.17) is 4.42 Å². The van der Waals surface area contributed by atoms with E-state index >= 15 is 0 Å². The Hall–Kier alpha value is -3.01. The van der Waals surface area contributed by atoms with Crippen LogP contribution in [0, 0.1) is 5.82 Å². The maximum Gasteiger partial charge on any atom is 0.315 e. The average Bonchev–Trinajstić information content (AvgIpc) is 3.32. The van der Waals surface area contributed by atoms with Crippen molar-refractivity contribution in [1.29, 1.82) is 0 Å². The molecule has 2 saturated heterocycles. The van der Waals surface area contributed by atoms with Crippen molar-refractivity contribution in [3.05, 3.63) is 36.0 Å². The number of aromatic nitrogens is 2. The SMILES string of the molecule is CCNC(=O)N[C@H]1C[C@H]2C(=O)NC[C@@H](Cc3nnc(-c4ccccc4F)o3)N2C1. The molecule has 0 unspecified atom stereocenters. The van der Waals surface area contributed by atoms with Gasteiger partial charge in [0, 0.05) is 38.1 Å². The maximum atomic E-state index is 13.9. The van der Waals surface area contributed by atoms with E-state index in [1.807, 2.05) is 6.92 Å². The van der Waals surface area contributed by atoms with Crippen LogP contribution in [-0.4, -0.2) is 64.8 Å². The van der Waals surface area contributed by atoms with Gasteiger partial charge in [0.05, 0.1) is 11.6 Å². The first-order chi connectivity index (χ1) is 14.0. The Labute approximate surface area is 167 Å². The molecule has 9 nitrogen and oxygen atoms in total. The molecule has 154 valence electrons. The third-order valence-corrected chi connectivity index (χ3v) is 5.28. The zero-order valence-electron chi connectivity index (χ0n) is 16.0. The maximum absolute atomic E-state index is 13.9. The van der Waals surface area contributed by atoms with Gasteiger partial charge in [0.1, 0.15) is 5.82 Å². The van der Waals surface area contributed by atoms with Gasteiger partial charge in [-0.2, -0.15) is 0 Å². The van der Waals surface area contributed by atoms with Crippen LogP contribution in [0.15, 0.2) is 28.7 Å². The first-order valence-corrected chi connectivity index (χ1v) is 9.70. The Morgan fingerprint density at radius 1 is 1.38 bits per heavy atom. The van der Waals surface area contributed by atoms with Crippen molar-refractivity contribution >= 4 is 11.9 Å². The van der Waals surface area contributed by atoms with Gasteiger partial charge in [0.25, 0.3) is 5.89 Å². The molecule has 0 aliphatic carbocycles. The van der Waals surface area contributed by atoms with Crippen LogP contribution in [-0.2, 0) is 11.2 Å². The minimum atomic E-state index is -0.425. The molecule has 2 aliphatic heterocycles. The highest BCUT2D eigenvalue weighted by Crippen LogP contribution is 2.27. The molecule has 4 rings (SSSR count). The molecular formula is C19H23FN6O3. The summed E-state index contributed by atoms with van der Waals surface area (Å²) in [5, 5.41) is 16.5. The van der Waals surface area contributed by atoms with E-state index in [9.17, 15) is 14.0 Å².